The largest absolute Gasteiger partial charge is 0.495 e. The molecule has 5 heteroatoms. The lowest BCUT2D eigenvalue weighted by Crippen LogP contribution is -2.38. The van der Waals surface area contributed by atoms with Gasteiger partial charge in [0.05, 0.1) is 26.0 Å². The van der Waals surface area contributed by atoms with Crippen LogP contribution in [0.25, 0.3) is 0 Å². The van der Waals surface area contributed by atoms with Gasteiger partial charge in [0.25, 0.3) is 0 Å². The average molecular weight is 380 g/mol. The number of rotatable bonds is 6. The van der Waals surface area contributed by atoms with Crippen molar-refractivity contribution in [2.45, 2.75) is 44.6 Å². The Bertz CT molecular complexity index is 863. The quantitative estimate of drug-likeness (QED) is 0.703. The number of aromatic nitrogens is 1. The maximum absolute atomic E-state index is 12.1. The summed E-state index contributed by atoms with van der Waals surface area (Å²) in [6.45, 7) is 3.36. The van der Waals surface area contributed by atoms with E-state index in [1.54, 1.807) is 13.3 Å². The molecule has 1 aliphatic heterocycles. The van der Waals surface area contributed by atoms with Crippen LogP contribution in [0.15, 0.2) is 36.7 Å². The van der Waals surface area contributed by atoms with Crippen molar-refractivity contribution in [3.8, 4) is 5.75 Å². The minimum atomic E-state index is -0.278. The van der Waals surface area contributed by atoms with Gasteiger partial charge in [0.15, 0.2) is 0 Å². The van der Waals surface area contributed by atoms with Crippen molar-refractivity contribution in [2.75, 3.05) is 25.7 Å². The number of methoxy groups -OCH3 is 2. The van der Waals surface area contributed by atoms with Crippen molar-refractivity contribution in [3.63, 3.8) is 0 Å². The fraction of sp³-hybridized carbons (Fsp3) is 0.478. The molecule has 1 aromatic heterocycles. The van der Waals surface area contributed by atoms with Crippen LogP contribution < -0.4 is 9.64 Å². The number of nitrogens with zero attached hydrogens (tertiary/aromatic N) is 2. The van der Waals surface area contributed by atoms with Crippen LogP contribution >= 0.6 is 0 Å². The lowest BCUT2D eigenvalue weighted by Gasteiger charge is -2.35. The number of carbonyl (C=O) groups is 1. The molecule has 2 aromatic rings. The van der Waals surface area contributed by atoms with Crippen LogP contribution in [0.5, 0.6) is 5.75 Å². The second-order valence-corrected chi connectivity index (χ2v) is 8.00. The molecule has 2 unspecified atom stereocenters. The number of hydrogen-bond donors (Lipinski definition) is 0. The van der Waals surface area contributed by atoms with Gasteiger partial charge in [-0.15, -0.1) is 0 Å². The zero-order chi connectivity index (χ0) is 19.7. The Hall–Kier alpha value is -2.56. The fourth-order valence-electron chi connectivity index (χ4n) is 4.49. The third-order valence-corrected chi connectivity index (χ3v) is 6.38. The number of hydrogen-bond acceptors (Lipinski definition) is 5. The summed E-state index contributed by atoms with van der Waals surface area (Å²) in [6, 6.07) is 8.45. The summed E-state index contributed by atoms with van der Waals surface area (Å²) in [4.78, 5) is 18.9. The summed E-state index contributed by atoms with van der Waals surface area (Å²) in [5.74, 6) is 1.63. The molecule has 28 heavy (non-hydrogen) atoms. The molecule has 0 N–H and O–H groups in total. The van der Waals surface area contributed by atoms with Crippen molar-refractivity contribution in [3.05, 3.63) is 53.3 Å². The highest BCUT2D eigenvalue weighted by Crippen LogP contribution is 2.45. The van der Waals surface area contributed by atoms with Crippen LogP contribution in [-0.4, -0.2) is 37.8 Å². The Morgan fingerprint density at radius 2 is 2.04 bits per heavy atom. The summed E-state index contributed by atoms with van der Waals surface area (Å²) in [7, 11) is 3.10. The van der Waals surface area contributed by atoms with Crippen LogP contribution in [0, 0.1) is 5.92 Å². The molecule has 1 fully saturated rings. The molecule has 0 bridgehead atoms. The van der Waals surface area contributed by atoms with E-state index in [0.29, 0.717) is 17.5 Å². The molecule has 0 saturated heterocycles. The summed E-state index contributed by atoms with van der Waals surface area (Å²) in [5, 5.41) is 0. The van der Waals surface area contributed by atoms with Crippen LogP contribution in [0.4, 0.5) is 5.69 Å². The SMILES string of the molecule is COC(=O)c1ccc2c(c1)N(CC1CCC1)C(C)C2Cc1cncc(OC)c1. The van der Waals surface area contributed by atoms with Gasteiger partial charge in [0.1, 0.15) is 5.75 Å². The first-order valence-corrected chi connectivity index (χ1v) is 10.1. The first-order valence-electron chi connectivity index (χ1n) is 10.1. The van der Waals surface area contributed by atoms with Crippen LogP contribution in [0.3, 0.4) is 0 Å². The van der Waals surface area contributed by atoms with Gasteiger partial charge in [-0.05, 0) is 61.4 Å². The molecule has 0 radical (unpaired) electrons. The van der Waals surface area contributed by atoms with Gasteiger partial charge in [-0.1, -0.05) is 12.5 Å². The number of fused-ring (bicyclic) bond motifs is 1. The highest BCUT2D eigenvalue weighted by Gasteiger charge is 2.37. The van der Waals surface area contributed by atoms with E-state index in [9.17, 15) is 4.79 Å². The van der Waals surface area contributed by atoms with Gasteiger partial charge in [-0.25, -0.2) is 4.79 Å². The summed E-state index contributed by atoms with van der Waals surface area (Å²) >= 11 is 0. The molecule has 0 amide bonds. The molecule has 1 aromatic carbocycles. The van der Waals surface area contributed by atoms with Crippen molar-refractivity contribution in [2.24, 2.45) is 5.92 Å². The molecule has 2 atom stereocenters. The molecule has 148 valence electrons. The zero-order valence-corrected chi connectivity index (χ0v) is 16.9. The third-order valence-electron chi connectivity index (χ3n) is 6.38. The van der Waals surface area contributed by atoms with Crippen molar-refractivity contribution in [1.29, 1.82) is 0 Å². The minimum Gasteiger partial charge on any atom is -0.495 e. The normalized spacial score (nSPS) is 21.2. The van der Waals surface area contributed by atoms with E-state index in [1.807, 2.05) is 18.3 Å². The number of benzene rings is 1. The summed E-state index contributed by atoms with van der Waals surface area (Å²) in [5.41, 5.74) is 4.28. The van der Waals surface area contributed by atoms with E-state index < -0.39 is 0 Å². The minimum absolute atomic E-state index is 0.278. The van der Waals surface area contributed by atoms with Crippen molar-refractivity contribution < 1.29 is 14.3 Å². The molecule has 5 nitrogen and oxygen atoms in total. The Kier molecular flexibility index (Phi) is 5.25. The highest BCUT2D eigenvalue weighted by atomic mass is 16.5. The third kappa shape index (κ3) is 3.46. The van der Waals surface area contributed by atoms with E-state index >= 15 is 0 Å². The molecule has 0 spiro atoms. The monoisotopic (exact) mass is 380 g/mol. The molecule has 1 saturated carbocycles. The predicted octanol–water partition coefficient (Wildman–Crippen LogP) is 4.21. The van der Waals surface area contributed by atoms with E-state index in [-0.39, 0.29) is 5.97 Å². The average Bonchev–Trinajstić information content (AvgIpc) is 2.95. The molecular formula is C23H28N2O3. The Balaban J connectivity index is 1.66. The van der Waals surface area contributed by atoms with Gasteiger partial charge in [0.2, 0.25) is 0 Å². The number of pyridine rings is 1. The summed E-state index contributed by atoms with van der Waals surface area (Å²) < 4.78 is 10.3. The van der Waals surface area contributed by atoms with Gasteiger partial charge < -0.3 is 14.4 Å². The molecule has 2 heterocycles. The lowest BCUT2D eigenvalue weighted by molar-refractivity contribution is 0.0601. The highest BCUT2D eigenvalue weighted by molar-refractivity contribution is 5.91. The molecular weight excluding hydrogens is 352 g/mol. The second kappa shape index (κ2) is 7.82. The van der Waals surface area contributed by atoms with Crippen molar-refractivity contribution in [1.82, 2.24) is 4.98 Å². The van der Waals surface area contributed by atoms with E-state index in [2.05, 4.69) is 28.9 Å². The lowest BCUT2D eigenvalue weighted by atomic mass is 9.84. The Morgan fingerprint density at radius 1 is 1.21 bits per heavy atom. The molecule has 4 rings (SSSR count). The van der Waals surface area contributed by atoms with Crippen LogP contribution in [0.1, 0.15) is 53.6 Å². The van der Waals surface area contributed by atoms with Gasteiger partial charge in [-0.3, -0.25) is 4.98 Å². The molecule has 2 aliphatic rings. The van der Waals surface area contributed by atoms with E-state index in [1.165, 1.54) is 43.2 Å². The standard InChI is InChI=1S/C23H28N2O3/c1-15-21(10-17-9-19(27-2)13-24-12-17)20-8-7-18(23(26)28-3)11-22(20)25(15)14-16-5-4-6-16/h7-9,11-13,15-16,21H,4-6,10,14H2,1-3H3. The maximum Gasteiger partial charge on any atom is 0.337 e. The number of esters is 1. The van der Waals surface area contributed by atoms with Gasteiger partial charge in [0, 0.05) is 30.4 Å². The van der Waals surface area contributed by atoms with Gasteiger partial charge >= 0.3 is 5.97 Å². The van der Waals surface area contributed by atoms with Crippen LogP contribution in [-0.2, 0) is 11.2 Å². The first-order chi connectivity index (χ1) is 13.6. The topological polar surface area (TPSA) is 51.7 Å². The zero-order valence-electron chi connectivity index (χ0n) is 16.9. The summed E-state index contributed by atoms with van der Waals surface area (Å²) in [6.07, 6.45) is 8.50. The number of ether oxygens (including phenoxy) is 2. The smallest absolute Gasteiger partial charge is 0.337 e. The number of anilines is 1. The van der Waals surface area contributed by atoms with E-state index in [4.69, 9.17) is 9.47 Å². The van der Waals surface area contributed by atoms with E-state index in [0.717, 1.165) is 24.6 Å². The first kappa shape index (κ1) is 18.8. The number of carbonyl (C=O) groups excluding carboxylic acids is 1. The van der Waals surface area contributed by atoms with Gasteiger partial charge in [-0.2, -0.15) is 0 Å². The Morgan fingerprint density at radius 3 is 2.71 bits per heavy atom. The predicted molar refractivity (Wildman–Crippen MR) is 109 cm³/mol. The van der Waals surface area contributed by atoms with Crippen LogP contribution in [0.2, 0.25) is 0 Å². The fourth-order valence-corrected chi connectivity index (χ4v) is 4.49. The maximum atomic E-state index is 12.1. The Labute approximate surface area is 166 Å². The van der Waals surface area contributed by atoms with Crippen molar-refractivity contribution >= 4 is 11.7 Å². The second-order valence-electron chi connectivity index (χ2n) is 8.00. The molecule has 1 aliphatic carbocycles.